The molecule has 0 heterocycles. The molecule has 1 fully saturated rings. The summed E-state index contributed by atoms with van der Waals surface area (Å²) in [5.74, 6) is -0.986. The minimum absolute atomic E-state index is 0.175. The van der Waals surface area contributed by atoms with E-state index in [1.807, 2.05) is 0 Å². The van der Waals surface area contributed by atoms with E-state index in [2.05, 4.69) is 12.2 Å². The van der Waals surface area contributed by atoms with E-state index in [4.69, 9.17) is 5.73 Å². The molecular formula is C12H15FN2O. The van der Waals surface area contributed by atoms with Crippen molar-refractivity contribution in [3.05, 3.63) is 35.1 Å². The van der Waals surface area contributed by atoms with E-state index in [1.165, 1.54) is 6.07 Å². The number of hydrogen-bond acceptors (Lipinski definition) is 2. The molecule has 1 aliphatic carbocycles. The van der Waals surface area contributed by atoms with Crippen molar-refractivity contribution in [3.63, 3.8) is 0 Å². The van der Waals surface area contributed by atoms with Crippen LogP contribution >= 0.6 is 0 Å². The van der Waals surface area contributed by atoms with Gasteiger partial charge in [0.25, 0.3) is 0 Å². The molecule has 3 nitrogen and oxygen atoms in total. The summed E-state index contributed by atoms with van der Waals surface area (Å²) in [5, 5.41) is 3.28. The molecule has 1 saturated carbocycles. The molecular weight excluding hydrogens is 207 g/mol. The van der Waals surface area contributed by atoms with E-state index < -0.39 is 5.91 Å². The summed E-state index contributed by atoms with van der Waals surface area (Å²) in [6.45, 7) is 2.60. The van der Waals surface area contributed by atoms with Crippen molar-refractivity contribution in [2.24, 2.45) is 5.73 Å². The van der Waals surface area contributed by atoms with Crippen molar-refractivity contribution in [2.45, 2.75) is 31.8 Å². The molecule has 0 spiro atoms. The van der Waals surface area contributed by atoms with Crippen LogP contribution in [0.2, 0.25) is 0 Å². The van der Waals surface area contributed by atoms with Gasteiger partial charge in [-0.1, -0.05) is 6.07 Å². The number of primary amides is 1. The van der Waals surface area contributed by atoms with Gasteiger partial charge in [-0.25, -0.2) is 4.39 Å². The van der Waals surface area contributed by atoms with Crippen LogP contribution in [0.15, 0.2) is 18.2 Å². The van der Waals surface area contributed by atoms with Crippen molar-refractivity contribution in [3.8, 4) is 0 Å². The molecule has 0 atom stereocenters. The van der Waals surface area contributed by atoms with Gasteiger partial charge in [-0.3, -0.25) is 4.79 Å². The maximum Gasteiger partial charge on any atom is 0.248 e. The standard InChI is InChI=1S/C12H15FN2O/c1-12(4-5-12)15-7-9-3-2-8(11(14)16)6-10(9)13/h2-3,6,15H,4-5,7H2,1H3,(H2,14,16). The fourth-order valence-corrected chi connectivity index (χ4v) is 1.52. The number of benzene rings is 1. The van der Waals surface area contributed by atoms with Crippen LogP contribution in [0.3, 0.4) is 0 Å². The van der Waals surface area contributed by atoms with E-state index >= 15 is 0 Å². The number of carbonyl (C=O) groups is 1. The van der Waals surface area contributed by atoms with Crippen molar-refractivity contribution in [1.82, 2.24) is 5.32 Å². The first-order chi connectivity index (χ1) is 7.50. The molecule has 86 valence electrons. The van der Waals surface area contributed by atoms with Gasteiger partial charge in [0.15, 0.2) is 0 Å². The van der Waals surface area contributed by atoms with Crippen LogP contribution < -0.4 is 11.1 Å². The molecule has 0 radical (unpaired) electrons. The first kappa shape index (κ1) is 11.1. The molecule has 1 amide bonds. The average Bonchev–Trinajstić information content (AvgIpc) is 2.95. The lowest BCUT2D eigenvalue weighted by Gasteiger charge is -2.12. The van der Waals surface area contributed by atoms with Gasteiger partial charge < -0.3 is 11.1 Å². The second kappa shape index (κ2) is 3.87. The maximum atomic E-state index is 13.6. The highest BCUT2D eigenvalue weighted by molar-refractivity contribution is 5.92. The number of nitrogens with one attached hydrogen (secondary N) is 1. The van der Waals surface area contributed by atoms with Crippen LogP contribution in [-0.2, 0) is 6.54 Å². The predicted octanol–water partition coefficient (Wildman–Crippen LogP) is 1.57. The Hall–Kier alpha value is -1.42. The molecule has 0 unspecified atom stereocenters. The number of nitrogens with two attached hydrogens (primary N) is 1. The Labute approximate surface area is 93.8 Å². The Balaban J connectivity index is 2.07. The SMILES string of the molecule is CC1(NCc2ccc(C(N)=O)cc2F)CC1. The number of amides is 1. The molecule has 1 aromatic carbocycles. The molecule has 2 rings (SSSR count). The van der Waals surface area contributed by atoms with Crippen LogP contribution in [0.1, 0.15) is 35.7 Å². The second-order valence-corrected chi connectivity index (χ2v) is 4.58. The fraction of sp³-hybridized carbons (Fsp3) is 0.417. The number of carbonyl (C=O) groups excluding carboxylic acids is 1. The zero-order valence-electron chi connectivity index (χ0n) is 9.22. The lowest BCUT2D eigenvalue weighted by atomic mass is 10.1. The lowest BCUT2D eigenvalue weighted by Crippen LogP contribution is -2.27. The van der Waals surface area contributed by atoms with Gasteiger partial charge in [-0.05, 0) is 31.9 Å². The third kappa shape index (κ3) is 2.39. The number of hydrogen-bond donors (Lipinski definition) is 2. The van der Waals surface area contributed by atoms with Crippen LogP contribution in [0.4, 0.5) is 4.39 Å². The van der Waals surface area contributed by atoms with Crippen LogP contribution in [0, 0.1) is 5.82 Å². The minimum atomic E-state index is -0.604. The Kier molecular flexibility index (Phi) is 2.68. The van der Waals surface area contributed by atoms with Gasteiger partial charge in [0, 0.05) is 23.2 Å². The molecule has 0 bridgehead atoms. The zero-order chi connectivity index (χ0) is 11.8. The largest absolute Gasteiger partial charge is 0.366 e. The summed E-state index contributed by atoms with van der Waals surface area (Å²) >= 11 is 0. The Bertz CT molecular complexity index is 427. The van der Waals surface area contributed by atoms with E-state index in [9.17, 15) is 9.18 Å². The average molecular weight is 222 g/mol. The molecule has 1 aromatic rings. The van der Waals surface area contributed by atoms with Gasteiger partial charge in [0.05, 0.1) is 0 Å². The van der Waals surface area contributed by atoms with Crippen LogP contribution in [0.5, 0.6) is 0 Å². The summed E-state index contributed by atoms with van der Waals surface area (Å²) in [4.78, 5) is 10.8. The molecule has 0 aromatic heterocycles. The summed E-state index contributed by atoms with van der Waals surface area (Å²) < 4.78 is 13.6. The fourth-order valence-electron chi connectivity index (χ4n) is 1.52. The van der Waals surface area contributed by atoms with Crippen LogP contribution in [0.25, 0.3) is 0 Å². The van der Waals surface area contributed by atoms with Crippen LogP contribution in [-0.4, -0.2) is 11.4 Å². The Morgan fingerprint density at radius 2 is 2.25 bits per heavy atom. The first-order valence-corrected chi connectivity index (χ1v) is 5.33. The van der Waals surface area contributed by atoms with Gasteiger partial charge in [-0.15, -0.1) is 0 Å². The van der Waals surface area contributed by atoms with Gasteiger partial charge in [0.1, 0.15) is 5.82 Å². The summed E-state index contributed by atoms with van der Waals surface area (Å²) in [7, 11) is 0. The summed E-state index contributed by atoms with van der Waals surface area (Å²) in [6, 6.07) is 4.35. The quantitative estimate of drug-likeness (QED) is 0.812. The third-order valence-electron chi connectivity index (χ3n) is 3.04. The molecule has 0 saturated heterocycles. The lowest BCUT2D eigenvalue weighted by molar-refractivity contribution is 0.1000. The van der Waals surface area contributed by atoms with E-state index in [-0.39, 0.29) is 16.9 Å². The van der Waals surface area contributed by atoms with Crippen molar-refractivity contribution in [2.75, 3.05) is 0 Å². The summed E-state index contributed by atoms with van der Waals surface area (Å²) in [6.07, 6.45) is 2.27. The first-order valence-electron chi connectivity index (χ1n) is 5.33. The van der Waals surface area contributed by atoms with Gasteiger partial charge in [0.2, 0.25) is 5.91 Å². The predicted molar refractivity (Wildman–Crippen MR) is 59.4 cm³/mol. The normalized spacial score (nSPS) is 17.1. The maximum absolute atomic E-state index is 13.6. The van der Waals surface area contributed by atoms with Crippen molar-refractivity contribution < 1.29 is 9.18 Å². The Morgan fingerprint density at radius 1 is 1.56 bits per heavy atom. The van der Waals surface area contributed by atoms with E-state index in [0.29, 0.717) is 12.1 Å². The van der Waals surface area contributed by atoms with Gasteiger partial charge in [-0.2, -0.15) is 0 Å². The van der Waals surface area contributed by atoms with Crippen molar-refractivity contribution in [1.29, 1.82) is 0 Å². The number of rotatable bonds is 4. The Morgan fingerprint density at radius 3 is 2.75 bits per heavy atom. The van der Waals surface area contributed by atoms with Crippen molar-refractivity contribution >= 4 is 5.91 Å². The topological polar surface area (TPSA) is 55.1 Å². The molecule has 4 heteroatoms. The molecule has 0 aliphatic heterocycles. The number of halogens is 1. The summed E-state index contributed by atoms with van der Waals surface area (Å²) in [5.41, 5.74) is 6.02. The molecule has 1 aliphatic rings. The molecule has 16 heavy (non-hydrogen) atoms. The molecule has 3 N–H and O–H groups in total. The monoisotopic (exact) mass is 222 g/mol. The third-order valence-corrected chi connectivity index (χ3v) is 3.04. The van der Waals surface area contributed by atoms with E-state index in [0.717, 1.165) is 12.8 Å². The smallest absolute Gasteiger partial charge is 0.248 e. The minimum Gasteiger partial charge on any atom is -0.366 e. The highest BCUT2D eigenvalue weighted by Gasteiger charge is 2.36. The zero-order valence-corrected chi connectivity index (χ0v) is 9.22. The highest BCUT2D eigenvalue weighted by atomic mass is 19.1. The highest BCUT2D eigenvalue weighted by Crippen LogP contribution is 2.34. The second-order valence-electron chi connectivity index (χ2n) is 4.58. The van der Waals surface area contributed by atoms with Gasteiger partial charge >= 0.3 is 0 Å². The van der Waals surface area contributed by atoms with E-state index in [1.54, 1.807) is 12.1 Å².